The molecule has 3 N–H and O–H groups in total. The van der Waals surface area contributed by atoms with E-state index >= 15 is 0 Å². The monoisotopic (exact) mass is 1020 g/mol. The molecule has 6 nitrogen and oxygen atoms in total. The number of carbonyl (C=O) groups is 2. The molecule has 0 aliphatic carbocycles. The van der Waals surface area contributed by atoms with Crippen LogP contribution in [0.4, 0.5) is 0 Å². The van der Waals surface area contributed by atoms with E-state index in [2.05, 4.69) is 19.2 Å². The van der Waals surface area contributed by atoms with Gasteiger partial charge in [-0.15, -0.1) is 0 Å². The average molecular weight is 1020 g/mol. The standard InChI is InChI=1S/C66H131NO5/c1-3-5-7-9-11-13-15-17-19-21-22-23-24-25-26-27-28-30-34-38-42-46-50-54-58-64(69)63(62-68)67-65(70)59-55-51-47-43-39-35-31-29-33-37-41-45-49-53-57-61-72-66(71)60-56-52-48-44-40-36-32-20-18-16-14-12-10-8-6-4-2/h63-64,68-69H,3-62H2,1-2H3,(H,67,70). The van der Waals surface area contributed by atoms with Crippen molar-refractivity contribution in [1.29, 1.82) is 0 Å². The maximum Gasteiger partial charge on any atom is 0.305 e. The highest BCUT2D eigenvalue weighted by Crippen LogP contribution is 2.19. The van der Waals surface area contributed by atoms with Crippen molar-refractivity contribution in [3.63, 3.8) is 0 Å². The summed E-state index contributed by atoms with van der Waals surface area (Å²) >= 11 is 0. The fraction of sp³-hybridized carbons (Fsp3) is 0.970. The summed E-state index contributed by atoms with van der Waals surface area (Å²) in [5, 5.41) is 23.4. The molecule has 6 heteroatoms. The summed E-state index contributed by atoms with van der Waals surface area (Å²) in [7, 11) is 0. The van der Waals surface area contributed by atoms with Crippen molar-refractivity contribution in [1.82, 2.24) is 5.32 Å². The van der Waals surface area contributed by atoms with E-state index in [4.69, 9.17) is 4.74 Å². The van der Waals surface area contributed by atoms with E-state index in [9.17, 15) is 19.8 Å². The van der Waals surface area contributed by atoms with Gasteiger partial charge in [0, 0.05) is 12.8 Å². The highest BCUT2D eigenvalue weighted by molar-refractivity contribution is 5.76. The predicted octanol–water partition coefficient (Wildman–Crippen LogP) is 21.0. The molecule has 1 amide bonds. The smallest absolute Gasteiger partial charge is 0.305 e. The Balaban J connectivity index is 3.40. The lowest BCUT2D eigenvalue weighted by atomic mass is 10.0. The number of hydrogen-bond acceptors (Lipinski definition) is 5. The topological polar surface area (TPSA) is 95.9 Å². The lowest BCUT2D eigenvalue weighted by Crippen LogP contribution is -2.45. The summed E-state index contributed by atoms with van der Waals surface area (Å²) < 4.78 is 5.49. The zero-order valence-electron chi connectivity index (χ0n) is 49.2. The number of unbranched alkanes of at least 4 members (excludes halogenated alkanes) is 52. The maximum absolute atomic E-state index is 12.5. The Kier molecular flexibility index (Phi) is 61.4. The van der Waals surface area contributed by atoms with Crippen molar-refractivity contribution in [3.8, 4) is 0 Å². The molecule has 0 spiro atoms. The van der Waals surface area contributed by atoms with Crippen LogP contribution in [0.15, 0.2) is 0 Å². The number of esters is 1. The van der Waals surface area contributed by atoms with Gasteiger partial charge in [-0.05, 0) is 25.7 Å². The molecule has 0 aromatic rings. The summed E-state index contributed by atoms with van der Waals surface area (Å²) in [6.07, 6.45) is 74.1. The number of ether oxygens (including phenoxy) is 1. The molecule has 0 saturated carbocycles. The van der Waals surface area contributed by atoms with Gasteiger partial charge in [0.2, 0.25) is 5.91 Å². The van der Waals surface area contributed by atoms with Crippen LogP contribution in [-0.4, -0.2) is 47.4 Å². The van der Waals surface area contributed by atoms with Crippen molar-refractivity contribution >= 4 is 11.9 Å². The normalized spacial score (nSPS) is 12.4. The zero-order chi connectivity index (χ0) is 52.2. The SMILES string of the molecule is CCCCCCCCCCCCCCCCCCCCCCCCCCC(O)C(CO)NC(=O)CCCCCCCCCCCCCCCCCOC(=O)CCCCCCCCCCCCCCCCCC. The van der Waals surface area contributed by atoms with Crippen LogP contribution >= 0.6 is 0 Å². The van der Waals surface area contributed by atoms with Crippen LogP contribution in [0.25, 0.3) is 0 Å². The molecule has 72 heavy (non-hydrogen) atoms. The molecule has 0 rings (SSSR count). The maximum atomic E-state index is 12.5. The first-order chi connectivity index (χ1) is 35.5. The molecule has 0 aromatic heterocycles. The number of amides is 1. The number of carbonyl (C=O) groups excluding carboxylic acids is 2. The minimum absolute atomic E-state index is 0.00596. The van der Waals surface area contributed by atoms with Gasteiger partial charge < -0.3 is 20.3 Å². The molecule has 0 aliphatic rings. The van der Waals surface area contributed by atoms with Gasteiger partial charge in [-0.3, -0.25) is 9.59 Å². The second-order valence-corrected chi connectivity index (χ2v) is 23.2. The van der Waals surface area contributed by atoms with Gasteiger partial charge in [0.25, 0.3) is 0 Å². The minimum atomic E-state index is -0.670. The first-order valence-corrected chi connectivity index (χ1v) is 33.3. The summed E-state index contributed by atoms with van der Waals surface area (Å²) in [5.74, 6) is -0.0318. The van der Waals surface area contributed by atoms with Crippen LogP contribution in [0.2, 0.25) is 0 Å². The van der Waals surface area contributed by atoms with E-state index in [0.29, 0.717) is 25.9 Å². The molecule has 0 aliphatic heterocycles. The Morgan fingerprint density at radius 1 is 0.333 bits per heavy atom. The molecule has 0 bridgehead atoms. The second kappa shape index (κ2) is 62.4. The number of aliphatic hydroxyl groups is 2. The summed E-state index contributed by atoms with van der Waals surface area (Å²) in [6.45, 7) is 4.98. The highest BCUT2D eigenvalue weighted by Gasteiger charge is 2.20. The van der Waals surface area contributed by atoms with E-state index in [1.807, 2.05) is 0 Å². The molecule has 2 atom stereocenters. The predicted molar refractivity (Wildman–Crippen MR) is 315 cm³/mol. The molecular weight excluding hydrogens is 887 g/mol. The molecular formula is C66H131NO5. The van der Waals surface area contributed by atoms with Crippen LogP contribution < -0.4 is 5.32 Å². The van der Waals surface area contributed by atoms with Crippen molar-refractivity contribution in [3.05, 3.63) is 0 Å². The van der Waals surface area contributed by atoms with E-state index < -0.39 is 12.1 Å². The lowest BCUT2D eigenvalue weighted by molar-refractivity contribution is -0.143. The van der Waals surface area contributed by atoms with Crippen molar-refractivity contribution in [2.75, 3.05) is 13.2 Å². The molecule has 0 saturated heterocycles. The van der Waals surface area contributed by atoms with Crippen LogP contribution in [0.3, 0.4) is 0 Å². The third-order valence-electron chi connectivity index (χ3n) is 15.9. The molecule has 0 heterocycles. The Morgan fingerprint density at radius 2 is 0.569 bits per heavy atom. The minimum Gasteiger partial charge on any atom is -0.466 e. The number of rotatable bonds is 63. The molecule has 430 valence electrons. The van der Waals surface area contributed by atoms with Crippen molar-refractivity contribution in [2.45, 2.75) is 398 Å². The lowest BCUT2D eigenvalue weighted by Gasteiger charge is -2.22. The van der Waals surface area contributed by atoms with E-state index in [1.165, 1.54) is 308 Å². The van der Waals surface area contributed by atoms with Gasteiger partial charge in [-0.2, -0.15) is 0 Å². The van der Waals surface area contributed by atoms with Gasteiger partial charge in [0.05, 0.1) is 25.4 Å². The Labute approximate surface area is 451 Å². The van der Waals surface area contributed by atoms with Gasteiger partial charge in [0.1, 0.15) is 0 Å². The van der Waals surface area contributed by atoms with Crippen LogP contribution in [0, 0.1) is 0 Å². The van der Waals surface area contributed by atoms with Gasteiger partial charge >= 0.3 is 5.97 Å². The molecule has 0 radical (unpaired) electrons. The van der Waals surface area contributed by atoms with Gasteiger partial charge in [-0.1, -0.05) is 348 Å². The first kappa shape index (κ1) is 70.9. The largest absolute Gasteiger partial charge is 0.466 e. The van der Waals surface area contributed by atoms with E-state index in [1.54, 1.807) is 0 Å². The third-order valence-corrected chi connectivity index (χ3v) is 15.9. The van der Waals surface area contributed by atoms with E-state index in [0.717, 1.165) is 44.9 Å². The summed E-state index contributed by atoms with van der Waals surface area (Å²) in [4.78, 5) is 24.6. The Bertz CT molecular complexity index is 1040. The fourth-order valence-electron chi connectivity index (χ4n) is 10.8. The number of nitrogens with one attached hydrogen (secondary N) is 1. The number of hydrogen-bond donors (Lipinski definition) is 3. The Hall–Kier alpha value is -1.14. The molecule has 0 fully saturated rings. The fourth-order valence-corrected chi connectivity index (χ4v) is 10.8. The van der Waals surface area contributed by atoms with Crippen LogP contribution in [0.5, 0.6) is 0 Å². The first-order valence-electron chi connectivity index (χ1n) is 33.3. The quantitative estimate of drug-likeness (QED) is 0.0417. The molecule has 2 unspecified atom stereocenters. The van der Waals surface area contributed by atoms with Gasteiger partial charge in [-0.25, -0.2) is 0 Å². The Morgan fingerprint density at radius 3 is 0.847 bits per heavy atom. The zero-order valence-corrected chi connectivity index (χ0v) is 49.2. The summed E-state index contributed by atoms with van der Waals surface area (Å²) in [5.41, 5.74) is 0. The third kappa shape index (κ3) is 58.1. The van der Waals surface area contributed by atoms with Gasteiger partial charge in [0.15, 0.2) is 0 Å². The molecule has 0 aromatic carbocycles. The number of aliphatic hydroxyl groups excluding tert-OH is 2. The van der Waals surface area contributed by atoms with E-state index in [-0.39, 0.29) is 18.5 Å². The van der Waals surface area contributed by atoms with Crippen molar-refractivity contribution < 1.29 is 24.5 Å². The second-order valence-electron chi connectivity index (χ2n) is 23.2. The van der Waals surface area contributed by atoms with Crippen LogP contribution in [-0.2, 0) is 14.3 Å². The van der Waals surface area contributed by atoms with Crippen molar-refractivity contribution in [2.24, 2.45) is 0 Å². The van der Waals surface area contributed by atoms with Crippen LogP contribution in [0.1, 0.15) is 386 Å². The summed E-state index contributed by atoms with van der Waals surface area (Å²) in [6, 6.07) is -0.548. The highest BCUT2D eigenvalue weighted by atomic mass is 16.5. The average Bonchev–Trinajstić information content (AvgIpc) is 3.38.